The van der Waals surface area contributed by atoms with Gasteiger partial charge in [0.2, 0.25) is 10.0 Å². The molecule has 0 spiro atoms. The molecule has 0 aromatic carbocycles. The fraction of sp³-hybridized carbons (Fsp3) is 1.00. The van der Waals surface area contributed by atoms with E-state index in [4.69, 9.17) is 4.74 Å². The highest BCUT2D eigenvalue weighted by molar-refractivity contribution is 7.89. The quantitative estimate of drug-likeness (QED) is 0.710. The Morgan fingerprint density at radius 1 is 1.32 bits per heavy atom. The van der Waals surface area contributed by atoms with Gasteiger partial charge in [-0.05, 0) is 46.1 Å². The molecule has 2 aliphatic rings. The molecule has 0 aromatic rings. The van der Waals surface area contributed by atoms with Crippen LogP contribution in [0.3, 0.4) is 0 Å². The van der Waals surface area contributed by atoms with Crippen LogP contribution in [0.5, 0.6) is 0 Å². The summed E-state index contributed by atoms with van der Waals surface area (Å²) in [5, 5.41) is 3.41. The van der Waals surface area contributed by atoms with E-state index in [1.165, 1.54) is 12.8 Å². The van der Waals surface area contributed by atoms with Crippen molar-refractivity contribution in [2.24, 2.45) is 0 Å². The monoisotopic (exact) mass is 290 g/mol. The minimum Gasteiger partial charge on any atom is -0.378 e. The molecule has 1 aliphatic carbocycles. The number of rotatable bonds is 7. The van der Waals surface area contributed by atoms with Crippen molar-refractivity contribution >= 4 is 10.0 Å². The topological polar surface area (TPSA) is 58.6 Å². The van der Waals surface area contributed by atoms with Crippen LogP contribution >= 0.6 is 0 Å². The summed E-state index contributed by atoms with van der Waals surface area (Å²) in [5.41, 5.74) is -0.413. The van der Waals surface area contributed by atoms with Gasteiger partial charge in [0.25, 0.3) is 0 Å². The van der Waals surface area contributed by atoms with E-state index in [-0.39, 0.29) is 5.75 Å². The van der Waals surface area contributed by atoms with E-state index in [1.807, 2.05) is 13.8 Å². The van der Waals surface area contributed by atoms with E-state index < -0.39 is 15.6 Å². The van der Waals surface area contributed by atoms with Crippen molar-refractivity contribution in [3.63, 3.8) is 0 Å². The summed E-state index contributed by atoms with van der Waals surface area (Å²) in [6.07, 6.45) is 4.22. The Balaban J connectivity index is 1.76. The minimum atomic E-state index is -3.15. The first-order chi connectivity index (χ1) is 8.92. The zero-order chi connectivity index (χ0) is 13.9. The Hall–Kier alpha value is -0.170. The standard InChI is InChI=1S/C13H26N2O3S/c1-13(2)11-18-9-8-15(13)19(16,17)10-4-3-7-14-12-5-6-12/h12,14H,3-11H2,1-2H3. The number of hydrogen-bond donors (Lipinski definition) is 1. The SMILES string of the molecule is CC1(C)COCCN1S(=O)(=O)CCCCNC1CC1. The molecule has 0 unspecified atom stereocenters. The van der Waals surface area contributed by atoms with Gasteiger partial charge in [-0.25, -0.2) is 8.42 Å². The largest absolute Gasteiger partial charge is 0.378 e. The van der Waals surface area contributed by atoms with Gasteiger partial charge in [0.1, 0.15) is 0 Å². The van der Waals surface area contributed by atoms with Gasteiger partial charge in [0.05, 0.1) is 24.5 Å². The van der Waals surface area contributed by atoms with Crippen molar-refractivity contribution in [1.29, 1.82) is 0 Å². The van der Waals surface area contributed by atoms with Gasteiger partial charge in [0.15, 0.2) is 0 Å². The summed E-state index contributed by atoms with van der Waals surface area (Å²) in [7, 11) is -3.15. The Bertz CT molecular complexity index is 391. The highest BCUT2D eigenvalue weighted by atomic mass is 32.2. The smallest absolute Gasteiger partial charge is 0.214 e. The van der Waals surface area contributed by atoms with Crippen LogP contribution in [-0.4, -0.2) is 56.4 Å². The number of nitrogens with zero attached hydrogens (tertiary/aromatic N) is 1. The number of nitrogens with one attached hydrogen (secondary N) is 1. The van der Waals surface area contributed by atoms with Crippen LogP contribution in [0.1, 0.15) is 39.5 Å². The molecule has 2 rings (SSSR count). The molecule has 112 valence electrons. The first kappa shape index (κ1) is 15.2. The highest BCUT2D eigenvalue weighted by Crippen LogP contribution is 2.23. The van der Waals surface area contributed by atoms with E-state index >= 15 is 0 Å². The predicted molar refractivity (Wildman–Crippen MR) is 75.6 cm³/mol. The molecule has 2 fully saturated rings. The third kappa shape index (κ3) is 4.41. The van der Waals surface area contributed by atoms with Crippen LogP contribution < -0.4 is 5.32 Å². The third-order valence-electron chi connectivity index (χ3n) is 3.74. The second-order valence-electron chi connectivity index (χ2n) is 6.19. The van der Waals surface area contributed by atoms with Gasteiger partial charge in [-0.15, -0.1) is 0 Å². The molecule has 0 aromatic heterocycles. The van der Waals surface area contributed by atoms with Crippen LogP contribution in [0.2, 0.25) is 0 Å². The normalized spacial score (nSPS) is 24.5. The van der Waals surface area contributed by atoms with Gasteiger partial charge in [-0.1, -0.05) is 0 Å². The Morgan fingerprint density at radius 2 is 2.05 bits per heavy atom. The highest BCUT2D eigenvalue weighted by Gasteiger charge is 2.38. The second kappa shape index (κ2) is 6.08. The summed E-state index contributed by atoms with van der Waals surface area (Å²) in [5.74, 6) is 0.253. The molecule has 5 nitrogen and oxygen atoms in total. The summed E-state index contributed by atoms with van der Waals surface area (Å²) >= 11 is 0. The van der Waals surface area contributed by atoms with Crippen molar-refractivity contribution in [3.05, 3.63) is 0 Å². The zero-order valence-corrected chi connectivity index (χ0v) is 12.8. The molecule has 0 amide bonds. The lowest BCUT2D eigenvalue weighted by Crippen LogP contribution is -2.55. The Morgan fingerprint density at radius 3 is 2.68 bits per heavy atom. The fourth-order valence-electron chi connectivity index (χ4n) is 2.47. The lowest BCUT2D eigenvalue weighted by Gasteiger charge is -2.40. The summed E-state index contributed by atoms with van der Waals surface area (Å²) in [4.78, 5) is 0. The molecule has 1 N–H and O–H groups in total. The Labute approximate surface area is 116 Å². The van der Waals surface area contributed by atoms with Gasteiger partial charge in [0, 0.05) is 12.6 Å². The Kier molecular flexibility index (Phi) is 4.87. The molecule has 1 aliphatic heterocycles. The molecule has 1 heterocycles. The summed E-state index contributed by atoms with van der Waals surface area (Å²) in [6.45, 7) is 6.26. The van der Waals surface area contributed by atoms with E-state index in [9.17, 15) is 8.42 Å². The lowest BCUT2D eigenvalue weighted by atomic mass is 10.1. The first-order valence-electron chi connectivity index (χ1n) is 7.23. The van der Waals surface area contributed by atoms with Crippen molar-refractivity contribution in [1.82, 2.24) is 9.62 Å². The molecule has 0 atom stereocenters. The van der Waals surface area contributed by atoms with Crippen molar-refractivity contribution in [3.8, 4) is 0 Å². The number of unbranched alkanes of at least 4 members (excludes halogenated alkanes) is 1. The molecule has 0 bridgehead atoms. The first-order valence-corrected chi connectivity index (χ1v) is 8.84. The number of ether oxygens (including phenoxy) is 1. The predicted octanol–water partition coefficient (Wildman–Crippen LogP) is 0.959. The molecular formula is C13H26N2O3S. The zero-order valence-electron chi connectivity index (χ0n) is 12.0. The van der Waals surface area contributed by atoms with E-state index in [2.05, 4.69) is 5.32 Å². The van der Waals surface area contributed by atoms with Gasteiger partial charge in [-0.2, -0.15) is 4.31 Å². The van der Waals surface area contributed by atoms with Crippen LogP contribution in [0.25, 0.3) is 0 Å². The number of morpholine rings is 1. The number of sulfonamides is 1. The molecule has 1 saturated heterocycles. The average Bonchev–Trinajstić information content (AvgIpc) is 3.11. The molecule has 19 heavy (non-hydrogen) atoms. The maximum atomic E-state index is 12.4. The van der Waals surface area contributed by atoms with E-state index in [0.29, 0.717) is 25.8 Å². The molecular weight excluding hydrogens is 264 g/mol. The maximum absolute atomic E-state index is 12.4. The fourth-order valence-corrected chi connectivity index (χ4v) is 4.42. The van der Waals surface area contributed by atoms with E-state index in [0.717, 1.165) is 19.4 Å². The van der Waals surface area contributed by atoms with Crippen molar-refractivity contribution in [2.45, 2.75) is 51.1 Å². The van der Waals surface area contributed by atoms with Gasteiger partial charge < -0.3 is 10.1 Å². The molecule has 6 heteroatoms. The second-order valence-corrected chi connectivity index (χ2v) is 8.20. The van der Waals surface area contributed by atoms with Crippen LogP contribution in [0.4, 0.5) is 0 Å². The van der Waals surface area contributed by atoms with Gasteiger partial charge in [-0.3, -0.25) is 0 Å². The van der Waals surface area contributed by atoms with Crippen LogP contribution in [-0.2, 0) is 14.8 Å². The minimum absolute atomic E-state index is 0.253. The van der Waals surface area contributed by atoms with Crippen LogP contribution in [0.15, 0.2) is 0 Å². The van der Waals surface area contributed by atoms with Crippen LogP contribution in [0, 0.1) is 0 Å². The van der Waals surface area contributed by atoms with Crippen molar-refractivity contribution < 1.29 is 13.2 Å². The number of hydrogen-bond acceptors (Lipinski definition) is 4. The van der Waals surface area contributed by atoms with E-state index in [1.54, 1.807) is 4.31 Å². The average molecular weight is 290 g/mol. The summed E-state index contributed by atoms with van der Waals surface area (Å²) in [6, 6.07) is 0.704. The summed E-state index contributed by atoms with van der Waals surface area (Å²) < 4.78 is 31.7. The van der Waals surface area contributed by atoms with Gasteiger partial charge >= 0.3 is 0 Å². The van der Waals surface area contributed by atoms with Crippen molar-refractivity contribution in [2.75, 3.05) is 32.1 Å². The molecule has 0 radical (unpaired) electrons. The lowest BCUT2D eigenvalue weighted by molar-refractivity contribution is -0.00769. The maximum Gasteiger partial charge on any atom is 0.214 e. The molecule has 1 saturated carbocycles. The third-order valence-corrected chi connectivity index (χ3v) is 5.90.